The molecule has 2 N–H and O–H groups in total. The average Bonchev–Trinajstić information content (AvgIpc) is 2.71. The molecule has 1 amide bonds. The number of amides is 1. The Kier molecular flexibility index (Phi) is 4.31. The summed E-state index contributed by atoms with van der Waals surface area (Å²) in [5.74, 6) is -0.280. The van der Waals surface area contributed by atoms with E-state index in [-0.39, 0.29) is 19.1 Å². The van der Waals surface area contributed by atoms with E-state index in [1.807, 2.05) is 14.0 Å². The van der Waals surface area contributed by atoms with Crippen molar-refractivity contribution >= 4 is 16.9 Å². The molecule has 0 aliphatic heterocycles. The highest BCUT2D eigenvalue weighted by atomic mass is 16.5. The molecule has 7 heteroatoms. The fourth-order valence-corrected chi connectivity index (χ4v) is 2.00. The van der Waals surface area contributed by atoms with Crippen LogP contribution in [0.3, 0.4) is 0 Å². The highest BCUT2D eigenvalue weighted by molar-refractivity contribution is 5.97. The van der Waals surface area contributed by atoms with E-state index >= 15 is 0 Å². The van der Waals surface area contributed by atoms with Crippen LogP contribution in [0.2, 0.25) is 0 Å². The van der Waals surface area contributed by atoms with Gasteiger partial charge in [0, 0.05) is 32.3 Å². The lowest BCUT2D eigenvalue weighted by Crippen LogP contribution is -2.34. The summed E-state index contributed by atoms with van der Waals surface area (Å²) in [5, 5.41) is 17.2. The molecular weight excluding hydrogens is 260 g/mol. The maximum Gasteiger partial charge on any atom is 0.252 e. The highest BCUT2D eigenvalue weighted by Gasteiger charge is 2.12. The number of rotatable bonds is 5. The molecule has 0 spiro atoms. The summed E-state index contributed by atoms with van der Waals surface area (Å²) in [5.41, 5.74) is 2.00. The largest absolute Gasteiger partial charge is 0.389 e. The van der Waals surface area contributed by atoms with Crippen LogP contribution in [0.15, 0.2) is 12.3 Å². The first-order valence-corrected chi connectivity index (χ1v) is 6.27. The third-order valence-electron chi connectivity index (χ3n) is 2.98. The second kappa shape index (κ2) is 5.98. The molecule has 2 rings (SSSR count). The fourth-order valence-electron chi connectivity index (χ4n) is 2.00. The van der Waals surface area contributed by atoms with Crippen LogP contribution in [-0.4, -0.2) is 52.1 Å². The van der Waals surface area contributed by atoms with Gasteiger partial charge in [0.1, 0.15) is 0 Å². The van der Waals surface area contributed by atoms with Crippen LogP contribution >= 0.6 is 0 Å². The number of pyridine rings is 1. The van der Waals surface area contributed by atoms with Crippen molar-refractivity contribution in [2.45, 2.75) is 13.0 Å². The number of nitrogens with zero attached hydrogens (tertiary/aromatic N) is 3. The molecule has 2 aromatic heterocycles. The average molecular weight is 278 g/mol. The SMILES string of the molecule is COCC(O)CNC(=O)c1cnc2c(c1)c(C)nn2C. The zero-order chi connectivity index (χ0) is 14.7. The Hall–Kier alpha value is -1.99. The molecule has 20 heavy (non-hydrogen) atoms. The Labute approximate surface area is 116 Å². The maximum absolute atomic E-state index is 12.0. The van der Waals surface area contributed by atoms with Gasteiger partial charge in [0.25, 0.3) is 5.91 Å². The van der Waals surface area contributed by atoms with Gasteiger partial charge < -0.3 is 15.2 Å². The maximum atomic E-state index is 12.0. The summed E-state index contributed by atoms with van der Waals surface area (Å²) in [7, 11) is 3.30. The van der Waals surface area contributed by atoms with Crippen LogP contribution in [0, 0.1) is 6.92 Å². The normalized spacial score (nSPS) is 12.6. The number of hydrogen-bond donors (Lipinski definition) is 2. The van der Waals surface area contributed by atoms with Gasteiger partial charge in [-0.25, -0.2) is 4.98 Å². The van der Waals surface area contributed by atoms with Gasteiger partial charge in [-0.2, -0.15) is 5.10 Å². The summed E-state index contributed by atoms with van der Waals surface area (Å²) < 4.78 is 6.47. The molecule has 0 radical (unpaired) electrons. The van der Waals surface area contributed by atoms with E-state index in [1.54, 1.807) is 10.7 Å². The standard InChI is InChI=1S/C13H18N4O3/c1-8-11-4-9(5-14-12(11)17(2)16-8)13(19)15-6-10(18)7-20-3/h4-5,10,18H,6-7H2,1-3H3,(H,15,19). The summed E-state index contributed by atoms with van der Waals surface area (Å²) in [6.07, 6.45) is 0.780. The van der Waals surface area contributed by atoms with Crippen LogP contribution in [0.25, 0.3) is 11.0 Å². The second-order valence-corrected chi connectivity index (χ2v) is 4.62. The monoisotopic (exact) mass is 278 g/mol. The number of carbonyl (C=O) groups is 1. The molecule has 0 aromatic carbocycles. The van der Waals surface area contributed by atoms with Crippen LogP contribution in [-0.2, 0) is 11.8 Å². The van der Waals surface area contributed by atoms with E-state index < -0.39 is 6.10 Å². The number of fused-ring (bicyclic) bond motifs is 1. The van der Waals surface area contributed by atoms with Crippen LogP contribution in [0.1, 0.15) is 16.1 Å². The highest BCUT2D eigenvalue weighted by Crippen LogP contribution is 2.16. The summed E-state index contributed by atoms with van der Waals surface area (Å²) in [4.78, 5) is 16.2. The molecule has 0 saturated carbocycles. The number of methoxy groups -OCH3 is 1. The molecule has 2 aromatic rings. The smallest absolute Gasteiger partial charge is 0.252 e. The molecule has 0 aliphatic rings. The number of aryl methyl sites for hydroxylation is 2. The number of hydrogen-bond acceptors (Lipinski definition) is 5. The number of aliphatic hydroxyl groups is 1. The van der Waals surface area contributed by atoms with Gasteiger partial charge in [0.05, 0.1) is 24.0 Å². The van der Waals surface area contributed by atoms with E-state index in [2.05, 4.69) is 15.4 Å². The fraction of sp³-hybridized carbons (Fsp3) is 0.462. The summed E-state index contributed by atoms with van der Waals surface area (Å²) in [6, 6.07) is 1.75. The lowest BCUT2D eigenvalue weighted by molar-refractivity contribution is 0.0610. The van der Waals surface area contributed by atoms with Crippen molar-refractivity contribution in [3.05, 3.63) is 23.5 Å². The van der Waals surface area contributed by atoms with Crippen molar-refractivity contribution in [2.75, 3.05) is 20.3 Å². The molecule has 0 bridgehead atoms. The second-order valence-electron chi connectivity index (χ2n) is 4.62. The van der Waals surface area contributed by atoms with E-state index in [0.717, 1.165) is 16.7 Å². The minimum absolute atomic E-state index is 0.136. The Morgan fingerprint density at radius 2 is 2.35 bits per heavy atom. The third kappa shape index (κ3) is 2.94. The number of aliphatic hydroxyl groups excluding tert-OH is 1. The molecule has 1 unspecified atom stereocenters. The lowest BCUT2D eigenvalue weighted by Gasteiger charge is -2.10. The van der Waals surface area contributed by atoms with Gasteiger partial charge in [-0.1, -0.05) is 0 Å². The first kappa shape index (κ1) is 14.4. The zero-order valence-corrected chi connectivity index (χ0v) is 11.8. The first-order chi connectivity index (χ1) is 9.52. The topological polar surface area (TPSA) is 89.3 Å². The van der Waals surface area contributed by atoms with Gasteiger partial charge in [0.2, 0.25) is 0 Å². The van der Waals surface area contributed by atoms with Crippen molar-refractivity contribution < 1.29 is 14.6 Å². The van der Waals surface area contributed by atoms with Gasteiger partial charge in [-0.3, -0.25) is 9.48 Å². The Morgan fingerprint density at radius 3 is 3.05 bits per heavy atom. The van der Waals surface area contributed by atoms with E-state index in [0.29, 0.717) is 5.56 Å². The van der Waals surface area contributed by atoms with Crippen molar-refractivity contribution in [3.63, 3.8) is 0 Å². The van der Waals surface area contributed by atoms with Gasteiger partial charge in [-0.05, 0) is 13.0 Å². The first-order valence-electron chi connectivity index (χ1n) is 6.27. The predicted octanol–water partition coefficient (Wildman–Crippen LogP) is 0.0138. The quantitative estimate of drug-likeness (QED) is 0.804. The molecule has 1 atom stereocenters. The minimum Gasteiger partial charge on any atom is -0.389 e. The van der Waals surface area contributed by atoms with Crippen molar-refractivity contribution in [3.8, 4) is 0 Å². The van der Waals surface area contributed by atoms with Crippen molar-refractivity contribution in [1.82, 2.24) is 20.1 Å². The molecule has 7 nitrogen and oxygen atoms in total. The van der Waals surface area contributed by atoms with Crippen molar-refractivity contribution in [1.29, 1.82) is 0 Å². The number of carbonyl (C=O) groups excluding carboxylic acids is 1. The molecule has 108 valence electrons. The Bertz CT molecular complexity index is 623. The van der Waals surface area contributed by atoms with Crippen LogP contribution in [0.4, 0.5) is 0 Å². The van der Waals surface area contributed by atoms with Crippen molar-refractivity contribution in [2.24, 2.45) is 7.05 Å². The molecular formula is C13H18N4O3. The lowest BCUT2D eigenvalue weighted by atomic mass is 10.2. The van der Waals surface area contributed by atoms with E-state index in [4.69, 9.17) is 4.74 Å². The van der Waals surface area contributed by atoms with Gasteiger partial charge in [0.15, 0.2) is 5.65 Å². The number of nitrogens with one attached hydrogen (secondary N) is 1. The van der Waals surface area contributed by atoms with E-state index in [9.17, 15) is 9.90 Å². The molecule has 2 heterocycles. The van der Waals surface area contributed by atoms with Crippen LogP contribution in [0.5, 0.6) is 0 Å². The van der Waals surface area contributed by atoms with Gasteiger partial charge >= 0.3 is 0 Å². The Balaban J connectivity index is 2.12. The molecule has 0 saturated heterocycles. The van der Waals surface area contributed by atoms with Gasteiger partial charge in [-0.15, -0.1) is 0 Å². The minimum atomic E-state index is -0.722. The number of aromatic nitrogens is 3. The Morgan fingerprint density at radius 1 is 1.60 bits per heavy atom. The van der Waals surface area contributed by atoms with E-state index in [1.165, 1.54) is 13.3 Å². The number of ether oxygens (including phenoxy) is 1. The summed E-state index contributed by atoms with van der Waals surface area (Å²) in [6.45, 7) is 2.18. The molecule has 0 aliphatic carbocycles. The zero-order valence-electron chi connectivity index (χ0n) is 11.8. The third-order valence-corrected chi connectivity index (χ3v) is 2.98. The van der Waals surface area contributed by atoms with Crippen LogP contribution < -0.4 is 5.32 Å². The molecule has 0 fully saturated rings. The summed E-state index contributed by atoms with van der Waals surface area (Å²) >= 11 is 0. The predicted molar refractivity (Wildman–Crippen MR) is 73.5 cm³/mol.